The Morgan fingerprint density at radius 3 is 2.58 bits per heavy atom. The van der Waals surface area contributed by atoms with Crippen LogP contribution >= 0.6 is 34.5 Å². The van der Waals surface area contributed by atoms with Crippen molar-refractivity contribution in [3.05, 3.63) is 94.6 Å². The predicted octanol–water partition coefficient (Wildman–Crippen LogP) is 4.11. The summed E-state index contributed by atoms with van der Waals surface area (Å²) >= 11 is 13.5. The van der Waals surface area contributed by atoms with Crippen LogP contribution in [0.25, 0.3) is 6.08 Å². The van der Waals surface area contributed by atoms with Crippen LogP contribution in [-0.2, 0) is 9.53 Å². The molecule has 0 saturated heterocycles. The second kappa shape index (κ2) is 9.55. The van der Waals surface area contributed by atoms with Crippen molar-refractivity contribution in [2.75, 3.05) is 13.7 Å². The molecule has 2 heterocycles. The van der Waals surface area contributed by atoms with Crippen LogP contribution in [0.2, 0.25) is 10.0 Å². The van der Waals surface area contributed by atoms with Gasteiger partial charge in [0.2, 0.25) is 0 Å². The van der Waals surface area contributed by atoms with Gasteiger partial charge in [-0.1, -0.05) is 52.7 Å². The molecule has 3 aromatic rings. The Morgan fingerprint density at radius 2 is 1.94 bits per heavy atom. The van der Waals surface area contributed by atoms with Crippen molar-refractivity contribution in [1.29, 1.82) is 0 Å². The molecule has 0 N–H and O–H groups in total. The Kier molecular flexibility index (Phi) is 6.74. The van der Waals surface area contributed by atoms with Crippen molar-refractivity contribution in [1.82, 2.24) is 4.57 Å². The highest BCUT2D eigenvalue weighted by Gasteiger charge is 2.33. The van der Waals surface area contributed by atoms with Gasteiger partial charge in [0.25, 0.3) is 5.56 Å². The summed E-state index contributed by atoms with van der Waals surface area (Å²) in [4.78, 5) is 31.5. The number of esters is 1. The number of carbonyl (C=O) groups is 1. The first-order chi connectivity index (χ1) is 15.8. The summed E-state index contributed by atoms with van der Waals surface area (Å²) in [5.41, 5.74) is 1.95. The minimum absolute atomic E-state index is 0.213. The fourth-order valence-corrected chi connectivity index (χ4v) is 5.15. The van der Waals surface area contributed by atoms with Crippen molar-refractivity contribution >= 4 is 46.6 Å². The van der Waals surface area contributed by atoms with Gasteiger partial charge < -0.3 is 9.47 Å². The number of halogens is 2. The molecule has 0 spiro atoms. The molecule has 0 amide bonds. The average Bonchev–Trinajstić information content (AvgIpc) is 3.09. The van der Waals surface area contributed by atoms with Crippen LogP contribution in [0.1, 0.15) is 31.0 Å². The van der Waals surface area contributed by atoms with E-state index in [9.17, 15) is 9.59 Å². The molecule has 6 nitrogen and oxygen atoms in total. The minimum Gasteiger partial charge on any atom is -0.497 e. The predicted molar refractivity (Wildman–Crippen MR) is 130 cm³/mol. The number of nitrogens with zero attached hydrogens (tertiary/aromatic N) is 2. The molecular weight excluding hydrogens is 483 g/mol. The van der Waals surface area contributed by atoms with Gasteiger partial charge in [0.1, 0.15) is 5.75 Å². The molecule has 9 heteroatoms. The van der Waals surface area contributed by atoms with E-state index in [1.807, 2.05) is 12.1 Å². The second-order valence-electron chi connectivity index (χ2n) is 7.24. The van der Waals surface area contributed by atoms with E-state index in [2.05, 4.69) is 4.99 Å². The van der Waals surface area contributed by atoms with Crippen LogP contribution in [0, 0.1) is 0 Å². The molecule has 1 aliphatic rings. The van der Waals surface area contributed by atoms with E-state index in [1.54, 1.807) is 57.4 Å². The highest BCUT2D eigenvalue weighted by atomic mass is 35.5. The number of aromatic nitrogens is 1. The zero-order valence-corrected chi connectivity index (χ0v) is 20.4. The number of benzene rings is 2. The second-order valence-corrected chi connectivity index (χ2v) is 9.09. The van der Waals surface area contributed by atoms with Crippen LogP contribution < -0.4 is 19.6 Å². The molecule has 0 saturated carbocycles. The van der Waals surface area contributed by atoms with Crippen molar-refractivity contribution in [3.63, 3.8) is 0 Å². The Labute approximate surface area is 204 Å². The van der Waals surface area contributed by atoms with Gasteiger partial charge in [-0.2, -0.15) is 0 Å². The molecule has 0 unspecified atom stereocenters. The lowest BCUT2D eigenvalue weighted by Gasteiger charge is -2.24. The number of thiazole rings is 1. The summed E-state index contributed by atoms with van der Waals surface area (Å²) in [6.07, 6.45) is 1.71. The molecule has 170 valence electrons. The van der Waals surface area contributed by atoms with Gasteiger partial charge in [0.15, 0.2) is 4.80 Å². The Morgan fingerprint density at radius 1 is 1.21 bits per heavy atom. The van der Waals surface area contributed by atoms with Crippen molar-refractivity contribution in [3.8, 4) is 5.75 Å². The van der Waals surface area contributed by atoms with Crippen LogP contribution in [0.15, 0.2) is 63.5 Å². The summed E-state index contributed by atoms with van der Waals surface area (Å²) in [5.74, 6) is 0.163. The molecule has 1 atom stereocenters. The highest BCUT2D eigenvalue weighted by molar-refractivity contribution is 7.07. The lowest BCUT2D eigenvalue weighted by molar-refractivity contribution is -0.139. The molecule has 4 rings (SSSR count). The molecule has 1 aliphatic heterocycles. The third-order valence-electron chi connectivity index (χ3n) is 5.20. The van der Waals surface area contributed by atoms with Gasteiger partial charge in [-0.3, -0.25) is 9.36 Å². The monoisotopic (exact) mass is 502 g/mol. The normalized spacial score (nSPS) is 15.8. The summed E-state index contributed by atoms with van der Waals surface area (Å²) in [6.45, 7) is 3.70. The molecule has 0 fully saturated rings. The number of hydrogen-bond donors (Lipinski definition) is 0. The maximum atomic E-state index is 13.5. The number of allylic oxidation sites excluding steroid dienone is 1. The smallest absolute Gasteiger partial charge is 0.338 e. The van der Waals surface area contributed by atoms with Gasteiger partial charge in [0.05, 0.1) is 35.6 Å². The summed E-state index contributed by atoms with van der Waals surface area (Å²) in [7, 11) is 1.58. The van der Waals surface area contributed by atoms with Crippen LogP contribution in [0.4, 0.5) is 0 Å². The van der Waals surface area contributed by atoms with E-state index in [4.69, 9.17) is 32.7 Å². The van der Waals surface area contributed by atoms with E-state index in [0.29, 0.717) is 42.0 Å². The highest BCUT2D eigenvalue weighted by Crippen LogP contribution is 2.31. The maximum absolute atomic E-state index is 13.5. The van der Waals surface area contributed by atoms with E-state index in [1.165, 1.54) is 15.9 Å². The van der Waals surface area contributed by atoms with Gasteiger partial charge in [-0.05, 0) is 55.3 Å². The van der Waals surface area contributed by atoms with Crippen molar-refractivity contribution < 1.29 is 14.3 Å². The SMILES string of the molecule is CCOC(=O)C1=C(C)N=c2s/c(=C\c3ccc(Cl)cc3Cl)c(=O)n2[C@@H]1c1ccc(OC)cc1. The van der Waals surface area contributed by atoms with E-state index in [0.717, 1.165) is 5.56 Å². The number of hydrogen-bond acceptors (Lipinski definition) is 6. The first-order valence-corrected chi connectivity index (χ1v) is 11.7. The van der Waals surface area contributed by atoms with Gasteiger partial charge in [0, 0.05) is 10.0 Å². The zero-order valence-electron chi connectivity index (χ0n) is 18.1. The van der Waals surface area contributed by atoms with E-state index >= 15 is 0 Å². The Hall–Kier alpha value is -2.87. The first kappa shape index (κ1) is 23.3. The third-order valence-corrected chi connectivity index (χ3v) is 6.74. The topological polar surface area (TPSA) is 69.9 Å². The van der Waals surface area contributed by atoms with Gasteiger partial charge >= 0.3 is 5.97 Å². The van der Waals surface area contributed by atoms with Crippen molar-refractivity contribution in [2.45, 2.75) is 19.9 Å². The fraction of sp³-hybridized carbons (Fsp3) is 0.208. The quantitative estimate of drug-likeness (QED) is 0.492. The molecule has 0 aliphatic carbocycles. The number of methoxy groups -OCH3 is 1. The Balaban J connectivity index is 1.95. The molecule has 0 radical (unpaired) electrons. The largest absolute Gasteiger partial charge is 0.497 e. The number of fused-ring (bicyclic) bond motifs is 1. The molecule has 1 aromatic heterocycles. The maximum Gasteiger partial charge on any atom is 0.338 e. The number of rotatable bonds is 5. The van der Waals surface area contributed by atoms with Crippen LogP contribution in [0.3, 0.4) is 0 Å². The summed E-state index contributed by atoms with van der Waals surface area (Å²) in [5, 5.41) is 0.941. The standard InChI is InChI=1S/C24H20Cl2N2O4S/c1-4-32-23(30)20-13(2)27-24-28(21(20)14-6-9-17(31-3)10-7-14)22(29)19(33-24)11-15-5-8-16(25)12-18(15)26/h5-12,21H,4H2,1-3H3/b19-11-/t21-/m1/s1. The van der Waals surface area contributed by atoms with Crippen LogP contribution in [-0.4, -0.2) is 24.3 Å². The molecule has 0 bridgehead atoms. The summed E-state index contributed by atoms with van der Waals surface area (Å²) < 4.78 is 12.5. The lowest BCUT2D eigenvalue weighted by atomic mass is 9.96. The molecule has 2 aromatic carbocycles. The van der Waals surface area contributed by atoms with Gasteiger partial charge in [-0.15, -0.1) is 0 Å². The minimum atomic E-state index is -0.686. The number of ether oxygens (including phenoxy) is 2. The van der Waals surface area contributed by atoms with E-state index in [-0.39, 0.29) is 12.2 Å². The number of carbonyl (C=O) groups excluding carboxylic acids is 1. The Bertz CT molecular complexity index is 1440. The zero-order chi connectivity index (χ0) is 23.7. The molecule has 33 heavy (non-hydrogen) atoms. The van der Waals surface area contributed by atoms with Crippen LogP contribution in [0.5, 0.6) is 5.75 Å². The van der Waals surface area contributed by atoms with Gasteiger partial charge in [-0.25, -0.2) is 9.79 Å². The van der Waals surface area contributed by atoms with E-state index < -0.39 is 12.0 Å². The lowest BCUT2D eigenvalue weighted by Crippen LogP contribution is -2.39. The van der Waals surface area contributed by atoms with Crippen molar-refractivity contribution in [2.24, 2.45) is 4.99 Å². The first-order valence-electron chi connectivity index (χ1n) is 10.1. The molecular formula is C24H20Cl2N2O4S. The average molecular weight is 503 g/mol. The third kappa shape index (κ3) is 4.49. The fourth-order valence-electron chi connectivity index (χ4n) is 3.65. The summed E-state index contributed by atoms with van der Waals surface area (Å²) in [6, 6.07) is 11.6.